The Kier molecular flexibility index (Phi) is 4.35. The first kappa shape index (κ1) is 13.8. The van der Waals surface area contributed by atoms with Crippen molar-refractivity contribution < 1.29 is 4.79 Å². The maximum absolute atomic E-state index is 12.4. The van der Waals surface area contributed by atoms with Gasteiger partial charge in [-0.05, 0) is 18.8 Å². The monoisotopic (exact) mass is 262 g/mol. The van der Waals surface area contributed by atoms with E-state index >= 15 is 0 Å². The van der Waals surface area contributed by atoms with Gasteiger partial charge in [0.25, 0.3) is 5.91 Å². The van der Waals surface area contributed by atoms with E-state index in [4.69, 9.17) is 0 Å². The van der Waals surface area contributed by atoms with Gasteiger partial charge in [-0.15, -0.1) is 0 Å². The lowest BCUT2D eigenvalue weighted by molar-refractivity contribution is 0.0666. The molecule has 19 heavy (non-hydrogen) atoms. The van der Waals surface area contributed by atoms with Gasteiger partial charge in [0, 0.05) is 20.1 Å². The van der Waals surface area contributed by atoms with E-state index < -0.39 is 0 Å². The summed E-state index contributed by atoms with van der Waals surface area (Å²) >= 11 is 0. The van der Waals surface area contributed by atoms with Crippen LogP contribution in [0.4, 0.5) is 5.82 Å². The average Bonchev–Trinajstić information content (AvgIpc) is 2.46. The van der Waals surface area contributed by atoms with Crippen molar-refractivity contribution in [3.63, 3.8) is 0 Å². The van der Waals surface area contributed by atoms with Gasteiger partial charge in [-0.3, -0.25) is 4.79 Å². The quantitative estimate of drug-likeness (QED) is 0.907. The number of hydrogen-bond donors (Lipinski definition) is 1. The van der Waals surface area contributed by atoms with Gasteiger partial charge in [-0.2, -0.15) is 0 Å². The second-order valence-electron chi connectivity index (χ2n) is 5.38. The largest absolute Gasteiger partial charge is 0.372 e. The Morgan fingerprint density at radius 1 is 1.37 bits per heavy atom. The molecule has 1 aliphatic rings. The van der Waals surface area contributed by atoms with Crippen LogP contribution in [0, 0.1) is 5.92 Å². The number of aromatic nitrogens is 2. The summed E-state index contributed by atoms with van der Waals surface area (Å²) < 4.78 is 0. The molecule has 2 atom stereocenters. The second-order valence-corrected chi connectivity index (χ2v) is 5.38. The van der Waals surface area contributed by atoms with E-state index in [-0.39, 0.29) is 5.91 Å². The van der Waals surface area contributed by atoms with Crippen molar-refractivity contribution in [1.29, 1.82) is 0 Å². The zero-order valence-corrected chi connectivity index (χ0v) is 11.9. The van der Waals surface area contributed by atoms with Crippen molar-refractivity contribution in [2.45, 2.75) is 38.6 Å². The molecule has 1 heterocycles. The fourth-order valence-corrected chi connectivity index (χ4v) is 2.67. The number of nitrogens with one attached hydrogen (secondary N) is 1. The Labute approximate surface area is 114 Å². The van der Waals surface area contributed by atoms with Crippen molar-refractivity contribution in [3.8, 4) is 0 Å². The van der Waals surface area contributed by atoms with Crippen molar-refractivity contribution in [1.82, 2.24) is 14.9 Å². The molecule has 2 unspecified atom stereocenters. The normalized spacial score (nSPS) is 22.9. The molecule has 1 aliphatic carbocycles. The van der Waals surface area contributed by atoms with Gasteiger partial charge in [-0.25, -0.2) is 9.97 Å². The van der Waals surface area contributed by atoms with Gasteiger partial charge >= 0.3 is 0 Å². The lowest BCUT2D eigenvalue weighted by Gasteiger charge is -2.33. The summed E-state index contributed by atoms with van der Waals surface area (Å²) in [5.74, 6) is 1.34. The molecular formula is C14H22N4O. The van der Waals surface area contributed by atoms with Crippen LogP contribution in [0.2, 0.25) is 0 Å². The molecule has 0 bridgehead atoms. The predicted molar refractivity (Wildman–Crippen MR) is 75.1 cm³/mol. The molecule has 5 nitrogen and oxygen atoms in total. The Bertz CT molecular complexity index is 432. The van der Waals surface area contributed by atoms with Gasteiger partial charge in [0.15, 0.2) is 0 Å². The van der Waals surface area contributed by atoms with Crippen molar-refractivity contribution >= 4 is 11.7 Å². The standard InChI is InChI=1S/C14H22N4O/c1-10-5-4-6-11(7-10)18(3)14(19)12-8-17-13(15-2)9-16-12/h8-11H,4-7H2,1-3H3,(H,15,17). The van der Waals surface area contributed by atoms with Crippen LogP contribution in [0.15, 0.2) is 12.4 Å². The van der Waals surface area contributed by atoms with Crippen LogP contribution in [0.25, 0.3) is 0 Å². The van der Waals surface area contributed by atoms with Gasteiger partial charge in [0.05, 0.1) is 12.4 Å². The van der Waals surface area contributed by atoms with Gasteiger partial charge in [0.2, 0.25) is 0 Å². The third kappa shape index (κ3) is 3.22. The topological polar surface area (TPSA) is 58.1 Å². The van der Waals surface area contributed by atoms with Crippen LogP contribution in [0.3, 0.4) is 0 Å². The molecule has 5 heteroatoms. The van der Waals surface area contributed by atoms with E-state index in [2.05, 4.69) is 22.2 Å². The van der Waals surface area contributed by atoms with E-state index in [9.17, 15) is 4.79 Å². The van der Waals surface area contributed by atoms with E-state index in [1.807, 2.05) is 11.9 Å². The lowest BCUT2D eigenvalue weighted by atomic mass is 9.86. The predicted octanol–water partition coefficient (Wildman–Crippen LogP) is 2.17. The molecular weight excluding hydrogens is 240 g/mol. The second kappa shape index (κ2) is 5.99. The number of nitrogens with zero attached hydrogens (tertiary/aromatic N) is 3. The van der Waals surface area contributed by atoms with Crippen molar-refractivity contribution in [2.75, 3.05) is 19.4 Å². The first-order chi connectivity index (χ1) is 9.11. The minimum absolute atomic E-state index is 0.0331. The maximum atomic E-state index is 12.4. The molecule has 1 aromatic rings. The zero-order valence-electron chi connectivity index (χ0n) is 11.9. The molecule has 1 N–H and O–H groups in total. The SMILES string of the molecule is CNc1cnc(C(=O)N(C)C2CCCC(C)C2)cn1. The van der Waals surface area contributed by atoms with Crippen molar-refractivity contribution in [3.05, 3.63) is 18.1 Å². The Morgan fingerprint density at radius 2 is 2.16 bits per heavy atom. The first-order valence-corrected chi connectivity index (χ1v) is 6.88. The highest BCUT2D eigenvalue weighted by atomic mass is 16.2. The van der Waals surface area contributed by atoms with E-state index in [0.29, 0.717) is 23.5 Å². The number of amides is 1. The summed E-state index contributed by atoms with van der Waals surface area (Å²) in [6.45, 7) is 2.26. The molecule has 1 aromatic heterocycles. The van der Waals surface area contributed by atoms with Crippen LogP contribution >= 0.6 is 0 Å². The zero-order chi connectivity index (χ0) is 13.8. The highest BCUT2D eigenvalue weighted by molar-refractivity contribution is 5.92. The third-order valence-corrected chi connectivity index (χ3v) is 3.90. The Hall–Kier alpha value is -1.65. The molecule has 0 aromatic carbocycles. The van der Waals surface area contributed by atoms with Crippen LogP contribution in [0.1, 0.15) is 43.1 Å². The minimum atomic E-state index is -0.0331. The highest BCUT2D eigenvalue weighted by Crippen LogP contribution is 2.27. The summed E-state index contributed by atoms with van der Waals surface area (Å²) in [4.78, 5) is 22.5. The maximum Gasteiger partial charge on any atom is 0.274 e. The Morgan fingerprint density at radius 3 is 2.74 bits per heavy atom. The number of hydrogen-bond acceptors (Lipinski definition) is 4. The van der Waals surface area contributed by atoms with E-state index in [0.717, 1.165) is 12.8 Å². The van der Waals surface area contributed by atoms with Gasteiger partial charge < -0.3 is 10.2 Å². The van der Waals surface area contributed by atoms with Crippen LogP contribution in [-0.2, 0) is 0 Å². The fourth-order valence-electron chi connectivity index (χ4n) is 2.67. The third-order valence-electron chi connectivity index (χ3n) is 3.90. The molecule has 1 fully saturated rings. The molecule has 2 rings (SSSR count). The van der Waals surface area contributed by atoms with Gasteiger partial charge in [-0.1, -0.05) is 19.8 Å². The number of carbonyl (C=O) groups excluding carboxylic acids is 1. The summed E-state index contributed by atoms with van der Waals surface area (Å²) in [7, 11) is 3.65. The van der Waals surface area contributed by atoms with Crippen LogP contribution in [-0.4, -0.2) is 40.9 Å². The molecule has 1 saturated carbocycles. The smallest absolute Gasteiger partial charge is 0.274 e. The molecule has 0 saturated heterocycles. The number of carbonyl (C=O) groups is 1. The first-order valence-electron chi connectivity index (χ1n) is 6.88. The number of anilines is 1. The summed E-state index contributed by atoms with van der Waals surface area (Å²) in [5, 5.41) is 2.89. The lowest BCUT2D eigenvalue weighted by Crippen LogP contribution is -2.40. The van der Waals surface area contributed by atoms with Crippen LogP contribution in [0.5, 0.6) is 0 Å². The van der Waals surface area contributed by atoms with Crippen LogP contribution < -0.4 is 5.32 Å². The summed E-state index contributed by atoms with van der Waals surface area (Å²) in [6.07, 6.45) is 7.78. The van der Waals surface area contributed by atoms with E-state index in [1.165, 1.54) is 19.0 Å². The van der Waals surface area contributed by atoms with Gasteiger partial charge in [0.1, 0.15) is 11.5 Å². The highest BCUT2D eigenvalue weighted by Gasteiger charge is 2.26. The van der Waals surface area contributed by atoms with Crippen molar-refractivity contribution in [2.24, 2.45) is 5.92 Å². The molecule has 0 aliphatic heterocycles. The number of rotatable bonds is 3. The Balaban J connectivity index is 2.05. The average molecular weight is 262 g/mol. The molecule has 0 spiro atoms. The minimum Gasteiger partial charge on any atom is -0.372 e. The summed E-state index contributed by atoms with van der Waals surface area (Å²) in [5.41, 5.74) is 0.416. The fraction of sp³-hybridized carbons (Fsp3) is 0.643. The molecule has 1 amide bonds. The summed E-state index contributed by atoms with van der Waals surface area (Å²) in [6, 6.07) is 0.335. The van der Waals surface area contributed by atoms with E-state index in [1.54, 1.807) is 13.2 Å². The molecule has 0 radical (unpaired) electrons. The molecule has 104 valence electrons.